The number of thioether (sulfide) groups is 1. The lowest BCUT2D eigenvalue weighted by Crippen LogP contribution is -2.27. The first-order chi connectivity index (χ1) is 9.19. The summed E-state index contributed by atoms with van der Waals surface area (Å²) in [6.45, 7) is 2.76. The zero-order chi connectivity index (χ0) is 13.4. The number of fused-ring (bicyclic) bond motifs is 1. The minimum Gasteiger partial charge on any atom is -0.454 e. The number of amides is 1. The highest BCUT2D eigenvalue weighted by Gasteiger charge is 2.30. The lowest BCUT2D eigenvalue weighted by molar-refractivity contribution is -0.121. The summed E-state index contributed by atoms with van der Waals surface area (Å²) in [5.41, 5.74) is 0.904. The number of nitrogens with zero attached hydrogens (tertiary/aromatic N) is 1. The number of hydrogen-bond acceptors (Lipinski definition) is 5. The normalized spacial score (nSPS) is 19.6. The molecule has 0 saturated carbocycles. The van der Waals surface area contributed by atoms with Gasteiger partial charge in [-0.1, -0.05) is 30.0 Å². The van der Waals surface area contributed by atoms with Gasteiger partial charge in [0.2, 0.25) is 6.79 Å². The molecule has 4 nitrogen and oxygen atoms in total. The SMILES string of the molecule is CCN1C(=O)/C(=C\c2ccc3c(c2)OCO3)SC1=S. The van der Waals surface area contributed by atoms with E-state index in [2.05, 4.69) is 0 Å². The van der Waals surface area contributed by atoms with Crippen LogP contribution in [0.2, 0.25) is 0 Å². The molecule has 1 aromatic carbocycles. The predicted octanol–water partition coefficient (Wildman–Crippen LogP) is 2.64. The third kappa shape index (κ3) is 2.21. The molecule has 3 rings (SSSR count). The molecule has 2 aliphatic heterocycles. The summed E-state index contributed by atoms with van der Waals surface area (Å²) in [6, 6.07) is 5.60. The third-order valence-corrected chi connectivity index (χ3v) is 4.26. The van der Waals surface area contributed by atoms with Crippen molar-refractivity contribution in [3.05, 3.63) is 28.7 Å². The molecule has 0 N–H and O–H groups in total. The first-order valence-electron chi connectivity index (χ1n) is 5.84. The molecule has 0 unspecified atom stereocenters. The Balaban J connectivity index is 1.90. The minimum absolute atomic E-state index is 0.0323. The molecule has 0 spiro atoms. The van der Waals surface area contributed by atoms with Crippen molar-refractivity contribution in [2.24, 2.45) is 0 Å². The zero-order valence-corrected chi connectivity index (χ0v) is 11.8. The topological polar surface area (TPSA) is 38.8 Å². The van der Waals surface area contributed by atoms with Crippen molar-refractivity contribution in [2.45, 2.75) is 6.92 Å². The van der Waals surface area contributed by atoms with Crippen molar-refractivity contribution in [1.29, 1.82) is 0 Å². The van der Waals surface area contributed by atoms with Crippen LogP contribution in [0.25, 0.3) is 6.08 Å². The number of hydrogen-bond donors (Lipinski definition) is 0. The largest absolute Gasteiger partial charge is 0.454 e. The molecule has 2 heterocycles. The van der Waals surface area contributed by atoms with Gasteiger partial charge in [0.05, 0.1) is 4.91 Å². The van der Waals surface area contributed by atoms with Crippen LogP contribution in [0.4, 0.5) is 0 Å². The molecule has 1 aromatic rings. The molecule has 1 fully saturated rings. The van der Waals surface area contributed by atoms with Crippen molar-refractivity contribution in [2.75, 3.05) is 13.3 Å². The zero-order valence-electron chi connectivity index (χ0n) is 10.2. The molecule has 98 valence electrons. The molecule has 0 atom stereocenters. The van der Waals surface area contributed by atoms with E-state index in [9.17, 15) is 4.79 Å². The van der Waals surface area contributed by atoms with Crippen LogP contribution in [0.3, 0.4) is 0 Å². The Bertz CT molecular complexity index is 598. The van der Waals surface area contributed by atoms with Gasteiger partial charge in [0.1, 0.15) is 4.32 Å². The Kier molecular flexibility index (Phi) is 3.20. The monoisotopic (exact) mass is 293 g/mol. The summed E-state index contributed by atoms with van der Waals surface area (Å²) in [6.07, 6.45) is 1.83. The van der Waals surface area contributed by atoms with Gasteiger partial charge in [-0.3, -0.25) is 9.69 Å². The summed E-state index contributed by atoms with van der Waals surface area (Å²) in [7, 11) is 0. The Morgan fingerprint density at radius 1 is 1.42 bits per heavy atom. The van der Waals surface area contributed by atoms with Gasteiger partial charge in [-0.05, 0) is 30.7 Å². The van der Waals surface area contributed by atoms with Gasteiger partial charge < -0.3 is 9.47 Å². The summed E-state index contributed by atoms with van der Waals surface area (Å²) < 4.78 is 11.2. The van der Waals surface area contributed by atoms with Crippen LogP contribution in [0.1, 0.15) is 12.5 Å². The summed E-state index contributed by atoms with van der Waals surface area (Å²) in [4.78, 5) is 14.3. The van der Waals surface area contributed by atoms with Gasteiger partial charge in [0.25, 0.3) is 5.91 Å². The van der Waals surface area contributed by atoms with E-state index in [0.717, 1.165) is 11.3 Å². The van der Waals surface area contributed by atoms with Crippen molar-refractivity contribution < 1.29 is 14.3 Å². The quantitative estimate of drug-likeness (QED) is 0.619. The van der Waals surface area contributed by atoms with E-state index in [4.69, 9.17) is 21.7 Å². The highest BCUT2D eigenvalue weighted by molar-refractivity contribution is 8.26. The maximum atomic E-state index is 12.1. The molecule has 0 bridgehead atoms. The van der Waals surface area contributed by atoms with Crippen LogP contribution in [-0.2, 0) is 4.79 Å². The van der Waals surface area contributed by atoms with Gasteiger partial charge in [-0.25, -0.2) is 0 Å². The molecule has 6 heteroatoms. The van der Waals surface area contributed by atoms with Crippen molar-refractivity contribution in [1.82, 2.24) is 4.90 Å². The number of rotatable bonds is 2. The fourth-order valence-electron chi connectivity index (χ4n) is 1.93. The van der Waals surface area contributed by atoms with Crippen LogP contribution >= 0.6 is 24.0 Å². The number of thiocarbonyl (C=S) groups is 1. The number of ether oxygens (including phenoxy) is 2. The molecular formula is C13H11NO3S2. The fraction of sp³-hybridized carbons (Fsp3) is 0.231. The number of benzene rings is 1. The van der Waals surface area contributed by atoms with Gasteiger partial charge in [0.15, 0.2) is 11.5 Å². The van der Waals surface area contributed by atoms with E-state index in [0.29, 0.717) is 21.5 Å². The number of carbonyl (C=O) groups is 1. The lowest BCUT2D eigenvalue weighted by Gasteiger charge is -2.09. The second kappa shape index (κ2) is 4.86. The molecule has 1 amide bonds. The van der Waals surface area contributed by atoms with Crippen LogP contribution in [0.5, 0.6) is 11.5 Å². The van der Waals surface area contributed by atoms with E-state index >= 15 is 0 Å². The molecule has 0 radical (unpaired) electrons. The molecule has 2 aliphatic rings. The second-order valence-corrected chi connectivity index (χ2v) is 5.71. The highest BCUT2D eigenvalue weighted by Crippen LogP contribution is 2.36. The van der Waals surface area contributed by atoms with E-state index in [1.807, 2.05) is 31.2 Å². The van der Waals surface area contributed by atoms with Gasteiger partial charge in [-0.2, -0.15) is 0 Å². The smallest absolute Gasteiger partial charge is 0.266 e. The summed E-state index contributed by atoms with van der Waals surface area (Å²) in [5, 5.41) is 0. The Morgan fingerprint density at radius 3 is 2.95 bits per heavy atom. The van der Waals surface area contributed by atoms with Gasteiger partial charge in [-0.15, -0.1) is 0 Å². The molecular weight excluding hydrogens is 282 g/mol. The predicted molar refractivity (Wildman–Crippen MR) is 78.1 cm³/mol. The Morgan fingerprint density at radius 2 is 2.21 bits per heavy atom. The van der Waals surface area contributed by atoms with Crippen molar-refractivity contribution >= 4 is 40.3 Å². The second-order valence-electron chi connectivity index (χ2n) is 4.04. The average Bonchev–Trinajstić information content (AvgIpc) is 2.95. The van der Waals surface area contributed by atoms with Crippen molar-refractivity contribution in [3.8, 4) is 11.5 Å². The minimum atomic E-state index is -0.0323. The van der Waals surface area contributed by atoms with Crippen LogP contribution in [0, 0.1) is 0 Å². The van der Waals surface area contributed by atoms with E-state index < -0.39 is 0 Å². The molecule has 19 heavy (non-hydrogen) atoms. The molecule has 0 aromatic heterocycles. The molecule has 1 saturated heterocycles. The molecule has 0 aliphatic carbocycles. The Labute approximate surface area is 120 Å². The first-order valence-corrected chi connectivity index (χ1v) is 7.06. The standard InChI is InChI=1S/C13H11NO3S2/c1-2-14-12(15)11(19-13(14)18)6-8-3-4-9-10(5-8)17-7-16-9/h3-6H,2,7H2,1H3/b11-6+. The van der Waals surface area contributed by atoms with E-state index in [-0.39, 0.29) is 12.7 Å². The first kappa shape index (κ1) is 12.5. The van der Waals surface area contributed by atoms with Crippen molar-refractivity contribution in [3.63, 3.8) is 0 Å². The summed E-state index contributed by atoms with van der Waals surface area (Å²) in [5.74, 6) is 1.41. The maximum absolute atomic E-state index is 12.1. The van der Waals surface area contributed by atoms with Gasteiger partial charge >= 0.3 is 0 Å². The van der Waals surface area contributed by atoms with Gasteiger partial charge in [0, 0.05) is 6.54 Å². The number of likely N-dealkylation sites (N-methyl/N-ethyl adjacent to an activating group) is 1. The van der Waals surface area contributed by atoms with E-state index in [1.165, 1.54) is 11.8 Å². The Hall–Kier alpha value is -1.53. The maximum Gasteiger partial charge on any atom is 0.266 e. The highest BCUT2D eigenvalue weighted by atomic mass is 32.2. The van der Waals surface area contributed by atoms with Crippen LogP contribution in [-0.4, -0.2) is 28.5 Å². The average molecular weight is 293 g/mol. The lowest BCUT2D eigenvalue weighted by atomic mass is 10.2. The third-order valence-electron chi connectivity index (χ3n) is 2.88. The van der Waals surface area contributed by atoms with Crippen LogP contribution in [0.15, 0.2) is 23.1 Å². The fourth-order valence-corrected chi connectivity index (χ4v) is 3.31. The van der Waals surface area contributed by atoms with E-state index in [1.54, 1.807) is 4.90 Å². The van der Waals surface area contributed by atoms with Crippen LogP contribution < -0.4 is 9.47 Å². The summed E-state index contributed by atoms with van der Waals surface area (Å²) >= 11 is 6.50. The number of carbonyl (C=O) groups excluding carboxylic acids is 1.